The Morgan fingerprint density at radius 1 is 1.02 bits per heavy atom. The van der Waals surface area contributed by atoms with Gasteiger partial charge in [-0.1, -0.05) is 30.3 Å². The number of hydrogen-bond donors (Lipinski definition) is 3. The quantitative estimate of drug-likeness (QED) is 0.115. The minimum atomic E-state index is -0.583. The van der Waals surface area contributed by atoms with Gasteiger partial charge in [-0.05, 0) is 66.9 Å². The van der Waals surface area contributed by atoms with Crippen LogP contribution in [-0.2, 0) is 32.1 Å². The Balaban J connectivity index is 1.28. The topological polar surface area (TPSA) is 147 Å². The number of thioether (sulfide) groups is 1. The van der Waals surface area contributed by atoms with E-state index in [-0.39, 0.29) is 17.5 Å². The van der Waals surface area contributed by atoms with Gasteiger partial charge in [-0.25, -0.2) is 4.79 Å². The molecule has 0 aliphatic carbocycles. The van der Waals surface area contributed by atoms with Crippen molar-refractivity contribution < 1.29 is 28.7 Å². The van der Waals surface area contributed by atoms with Crippen LogP contribution >= 0.6 is 23.1 Å². The second-order valence-electron chi connectivity index (χ2n) is 10.8. The number of carbonyl (C=O) groups excluding carboxylic acids is 5. The molecule has 4 amide bonds. The van der Waals surface area contributed by atoms with Crippen LogP contribution in [0.25, 0.3) is 6.08 Å². The van der Waals surface area contributed by atoms with Gasteiger partial charge in [0.25, 0.3) is 11.8 Å². The average molecular weight is 684 g/mol. The third-order valence-corrected chi connectivity index (χ3v) is 9.65. The van der Waals surface area contributed by atoms with E-state index in [0.29, 0.717) is 51.8 Å². The maximum absolute atomic E-state index is 13.4. The molecule has 13 heteroatoms. The summed E-state index contributed by atoms with van der Waals surface area (Å²) in [5.41, 5.74) is 2.61. The normalized spacial score (nSPS) is 13.1. The van der Waals surface area contributed by atoms with Crippen LogP contribution in [0.3, 0.4) is 0 Å². The van der Waals surface area contributed by atoms with Crippen molar-refractivity contribution in [1.82, 2.24) is 15.2 Å². The molecule has 1 aliphatic heterocycles. The first-order valence-electron chi connectivity index (χ1n) is 15.0. The van der Waals surface area contributed by atoms with Crippen molar-refractivity contribution in [2.45, 2.75) is 37.0 Å². The molecule has 4 aromatic rings. The summed E-state index contributed by atoms with van der Waals surface area (Å²) < 4.78 is 5.02. The van der Waals surface area contributed by atoms with Crippen LogP contribution in [0, 0.1) is 0 Å². The molecule has 48 heavy (non-hydrogen) atoms. The molecule has 0 radical (unpaired) electrons. The molecular weight excluding hydrogens is 651 g/mol. The van der Waals surface area contributed by atoms with E-state index in [1.54, 1.807) is 84.9 Å². The number of fused-ring (bicyclic) bond motifs is 1. The molecule has 1 unspecified atom stereocenters. The Morgan fingerprint density at radius 2 is 1.81 bits per heavy atom. The lowest BCUT2D eigenvalue weighted by Crippen LogP contribution is -2.33. The number of thiophene rings is 1. The Hall–Kier alpha value is -5.27. The summed E-state index contributed by atoms with van der Waals surface area (Å²) in [4.78, 5) is 71.7. The van der Waals surface area contributed by atoms with Crippen LogP contribution in [0.15, 0.2) is 89.7 Å². The highest BCUT2D eigenvalue weighted by Gasteiger charge is 2.31. The lowest BCUT2D eigenvalue weighted by atomic mass is 10.0. The van der Waals surface area contributed by atoms with Crippen molar-refractivity contribution in [3.63, 3.8) is 0 Å². The largest absolute Gasteiger partial charge is 0.465 e. The average Bonchev–Trinajstić information content (AvgIpc) is 3.45. The molecular formula is C35H33N5O6S2. The number of amides is 4. The highest BCUT2D eigenvalue weighted by Crippen LogP contribution is 2.38. The number of esters is 1. The van der Waals surface area contributed by atoms with Crippen molar-refractivity contribution in [3.8, 4) is 0 Å². The lowest BCUT2D eigenvalue weighted by Gasteiger charge is -2.25. The summed E-state index contributed by atoms with van der Waals surface area (Å²) in [7, 11) is 1.29. The van der Waals surface area contributed by atoms with E-state index in [1.165, 1.54) is 43.2 Å². The van der Waals surface area contributed by atoms with E-state index < -0.39 is 23.0 Å². The first kappa shape index (κ1) is 34.1. The highest BCUT2D eigenvalue weighted by atomic mass is 32.2. The molecule has 2 aromatic carbocycles. The number of aromatic nitrogens is 1. The third-order valence-electron chi connectivity index (χ3n) is 7.43. The summed E-state index contributed by atoms with van der Waals surface area (Å²) in [5.74, 6) is -1.91. The number of anilines is 2. The first-order chi connectivity index (χ1) is 23.1. The van der Waals surface area contributed by atoms with Crippen LogP contribution in [0.5, 0.6) is 0 Å². The lowest BCUT2D eigenvalue weighted by molar-refractivity contribution is -0.129. The Morgan fingerprint density at radius 3 is 2.52 bits per heavy atom. The van der Waals surface area contributed by atoms with Gasteiger partial charge in [0.1, 0.15) is 10.7 Å². The molecule has 0 fully saturated rings. The van der Waals surface area contributed by atoms with E-state index in [9.17, 15) is 24.0 Å². The van der Waals surface area contributed by atoms with Crippen molar-refractivity contribution in [3.05, 3.63) is 112 Å². The molecule has 246 valence electrons. The fraction of sp³-hybridized carbons (Fsp3) is 0.200. The van der Waals surface area contributed by atoms with Gasteiger partial charge in [0.15, 0.2) is 0 Å². The molecule has 0 saturated heterocycles. The Bertz CT molecular complexity index is 1880. The molecule has 2 aromatic heterocycles. The van der Waals surface area contributed by atoms with Gasteiger partial charge >= 0.3 is 5.97 Å². The summed E-state index contributed by atoms with van der Waals surface area (Å²) in [6, 6.07) is 19.1. The predicted molar refractivity (Wildman–Crippen MR) is 186 cm³/mol. The van der Waals surface area contributed by atoms with E-state index in [1.807, 2.05) is 6.07 Å². The van der Waals surface area contributed by atoms with Crippen molar-refractivity contribution in [2.75, 3.05) is 24.3 Å². The number of hydrogen-bond acceptors (Lipinski definition) is 9. The standard InChI is InChI=1S/C35H33N5O6S2/c1-21(31(42)39-34-30(35(45)46-3)27-14-16-40(22(2)41)20-29(27)48-34)47-26-13-7-12-25(18-26)37-33(44)28(17-23-9-8-15-36-19-23)38-32(43)24-10-5-4-6-11-24/h4-13,15,17-19,21H,14,16,20H2,1-3H3,(H,37,44)(H,38,43)(H,39,42)/b28-17-. The summed E-state index contributed by atoms with van der Waals surface area (Å²) >= 11 is 2.54. The second-order valence-corrected chi connectivity index (χ2v) is 13.3. The van der Waals surface area contributed by atoms with Crippen molar-refractivity contribution in [1.29, 1.82) is 0 Å². The number of pyridine rings is 1. The summed E-state index contributed by atoms with van der Waals surface area (Å²) in [6.45, 7) is 4.09. The Kier molecular flexibility index (Phi) is 11.0. The minimum Gasteiger partial charge on any atom is -0.465 e. The molecule has 1 aliphatic rings. The number of ether oxygens (including phenoxy) is 1. The van der Waals surface area contributed by atoms with Gasteiger partial charge in [0.2, 0.25) is 11.8 Å². The van der Waals surface area contributed by atoms with Crippen LogP contribution in [0.4, 0.5) is 10.7 Å². The second kappa shape index (κ2) is 15.5. The molecule has 3 heterocycles. The van der Waals surface area contributed by atoms with Gasteiger partial charge in [-0.15, -0.1) is 23.1 Å². The zero-order valence-corrected chi connectivity index (χ0v) is 28.1. The number of carbonyl (C=O) groups is 5. The smallest absolute Gasteiger partial charge is 0.341 e. The molecule has 5 rings (SSSR count). The van der Waals surface area contributed by atoms with Crippen LogP contribution in [-0.4, -0.2) is 58.4 Å². The van der Waals surface area contributed by atoms with E-state index >= 15 is 0 Å². The first-order valence-corrected chi connectivity index (χ1v) is 16.7. The van der Waals surface area contributed by atoms with Crippen LogP contribution < -0.4 is 16.0 Å². The van der Waals surface area contributed by atoms with Crippen molar-refractivity contribution in [2.24, 2.45) is 0 Å². The maximum Gasteiger partial charge on any atom is 0.341 e. The van der Waals surface area contributed by atoms with Gasteiger partial charge in [-0.3, -0.25) is 24.2 Å². The van der Waals surface area contributed by atoms with Crippen molar-refractivity contribution >= 4 is 69.5 Å². The number of rotatable bonds is 10. The predicted octanol–water partition coefficient (Wildman–Crippen LogP) is 5.36. The number of nitrogens with zero attached hydrogens (tertiary/aromatic N) is 2. The number of nitrogens with one attached hydrogen (secondary N) is 3. The summed E-state index contributed by atoms with van der Waals surface area (Å²) in [5, 5.41) is 8.24. The number of methoxy groups -OCH3 is 1. The molecule has 0 spiro atoms. The Labute approximate surface area is 285 Å². The van der Waals surface area contributed by atoms with E-state index in [4.69, 9.17) is 4.74 Å². The van der Waals surface area contributed by atoms with Crippen LogP contribution in [0.1, 0.15) is 50.6 Å². The van der Waals surface area contributed by atoms with Gasteiger partial charge in [0.05, 0.1) is 24.5 Å². The fourth-order valence-corrected chi connectivity index (χ4v) is 7.15. The molecule has 0 bridgehead atoms. The third kappa shape index (κ3) is 8.35. The SMILES string of the molecule is COC(=O)c1c(NC(=O)C(C)Sc2cccc(NC(=O)/C(=C/c3cccnc3)NC(=O)c3ccccc3)c2)sc2c1CCN(C(C)=O)C2. The number of benzene rings is 2. The van der Waals surface area contributed by atoms with Gasteiger partial charge < -0.3 is 25.6 Å². The summed E-state index contributed by atoms with van der Waals surface area (Å²) in [6.07, 6.45) is 5.21. The monoisotopic (exact) mass is 683 g/mol. The molecule has 3 N–H and O–H groups in total. The van der Waals surface area contributed by atoms with E-state index in [2.05, 4.69) is 20.9 Å². The molecule has 0 saturated carbocycles. The zero-order chi connectivity index (χ0) is 34.2. The maximum atomic E-state index is 13.4. The molecule has 1 atom stereocenters. The minimum absolute atomic E-state index is 0.0223. The molecule has 11 nitrogen and oxygen atoms in total. The van der Waals surface area contributed by atoms with E-state index in [0.717, 1.165) is 10.4 Å². The van der Waals surface area contributed by atoms with Gasteiger partial charge in [-0.2, -0.15) is 0 Å². The van der Waals surface area contributed by atoms with Gasteiger partial charge in [0, 0.05) is 46.9 Å². The fourth-order valence-electron chi connectivity index (χ4n) is 4.97. The zero-order valence-electron chi connectivity index (χ0n) is 26.4. The van der Waals surface area contributed by atoms with Crippen LogP contribution in [0.2, 0.25) is 0 Å². The highest BCUT2D eigenvalue weighted by molar-refractivity contribution is 8.00.